The van der Waals surface area contributed by atoms with Crippen molar-refractivity contribution in [3.05, 3.63) is 23.9 Å². The molecule has 0 bridgehead atoms. The van der Waals surface area contributed by atoms with Crippen molar-refractivity contribution in [2.24, 2.45) is 0 Å². The third-order valence-corrected chi connectivity index (χ3v) is 2.22. The third kappa shape index (κ3) is 5.29. The Labute approximate surface area is 106 Å². The van der Waals surface area contributed by atoms with Crippen molar-refractivity contribution in [1.82, 2.24) is 15.6 Å². The molecule has 0 spiro atoms. The first-order valence-electron chi connectivity index (χ1n) is 5.62. The molecule has 0 saturated carbocycles. The van der Waals surface area contributed by atoms with Crippen LogP contribution < -0.4 is 15.4 Å². The van der Waals surface area contributed by atoms with Crippen LogP contribution in [0.25, 0.3) is 0 Å². The van der Waals surface area contributed by atoms with Gasteiger partial charge in [-0.2, -0.15) is 0 Å². The molecule has 1 aromatic rings. The van der Waals surface area contributed by atoms with E-state index in [0.29, 0.717) is 19.0 Å². The third-order valence-electron chi connectivity index (χ3n) is 2.22. The van der Waals surface area contributed by atoms with E-state index in [1.165, 1.54) is 6.92 Å². The second-order valence-electron chi connectivity index (χ2n) is 3.72. The Morgan fingerprint density at radius 1 is 1.33 bits per heavy atom. The van der Waals surface area contributed by atoms with Gasteiger partial charge in [-0.05, 0) is 5.56 Å². The standard InChI is InChI=1S/C12H17N3O3/c1-9(16)13-6-5-11(17)14-7-10-3-4-12(18-2)15-8-10/h3-4,8H,5-7H2,1-2H3,(H,13,16)(H,14,17). The molecule has 0 aromatic carbocycles. The van der Waals surface area contributed by atoms with Crippen LogP contribution in [-0.2, 0) is 16.1 Å². The molecule has 98 valence electrons. The molecule has 0 atom stereocenters. The lowest BCUT2D eigenvalue weighted by molar-refractivity contribution is -0.121. The van der Waals surface area contributed by atoms with Crippen LogP contribution in [0.1, 0.15) is 18.9 Å². The van der Waals surface area contributed by atoms with Crippen LogP contribution >= 0.6 is 0 Å². The molecule has 1 rings (SSSR count). The minimum absolute atomic E-state index is 0.112. The van der Waals surface area contributed by atoms with Crippen molar-refractivity contribution in [2.75, 3.05) is 13.7 Å². The van der Waals surface area contributed by atoms with E-state index in [4.69, 9.17) is 4.74 Å². The number of ether oxygens (including phenoxy) is 1. The van der Waals surface area contributed by atoms with Crippen LogP contribution in [0.15, 0.2) is 18.3 Å². The van der Waals surface area contributed by atoms with Crippen LogP contribution in [0.5, 0.6) is 5.88 Å². The van der Waals surface area contributed by atoms with Crippen LogP contribution in [0, 0.1) is 0 Å². The number of hydrogen-bond acceptors (Lipinski definition) is 4. The summed E-state index contributed by atoms with van der Waals surface area (Å²) in [5, 5.41) is 5.30. The number of nitrogens with zero attached hydrogens (tertiary/aromatic N) is 1. The van der Waals surface area contributed by atoms with Crippen LogP contribution in [0.4, 0.5) is 0 Å². The lowest BCUT2D eigenvalue weighted by Gasteiger charge is -2.06. The van der Waals surface area contributed by atoms with Crippen LogP contribution in [0.3, 0.4) is 0 Å². The number of carbonyl (C=O) groups excluding carboxylic acids is 2. The van der Waals surface area contributed by atoms with Crippen LogP contribution in [-0.4, -0.2) is 30.5 Å². The molecule has 0 aliphatic heterocycles. The summed E-state index contributed by atoms with van der Waals surface area (Å²) in [6, 6.07) is 3.57. The lowest BCUT2D eigenvalue weighted by Crippen LogP contribution is -2.29. The fraction of sp³-hybridized carbons (Fsp3) is 0.417. The van der Waals surface area contributed by atoms with Crippen molar-refractivity contribution in [2.45, 2.75) is 19.9 Å². The minimum Gasteiger partial charge on any atom is -0.481 e. The van der Waals surface area contributed by atoms with Gasteiger partial charge in [0.15, 0.2) is 0 Å². The topological polar surface area (TPSA) is 80.3 Å². The van der Waals surface area contributed by atoms with Crippen LogP contribution in [0.2, 0.25) is 0 Å². The number of aromatic nitrogens is 1. The van der Waals surface area contributed by atoms with Crippen molar-refractivity contribution >= 4 is 11.8 Å². The normalized spacial score (nSPS) is 9.67. The van der Waals surface area contributed by atoms with E-state index in [2.05, 4.69) is 15.6 Å². The summed E-state index contributed by atoms with van der Waals surface area (Å²) in [5.74, 6) is 0.289. The van der Waals surface area contributed by atoms with E-state index in [0.717, 1.165) is 5.56 Å². The van der Waals surface area contributed by atoms with E-state index in [9.17, 15) is 9.59 Å². The predicted molar refractivity (Wildman–Crippen MR) is 65.9 cm³/mol. The van der Waals surface area contributed by atoms with E-state index >= 15 is 0 Å². The molecule has 1 heterocycles. The molecule has 6 nitrogen and oxygen atoms in total. The van der Waals surface area contributed by atoms with Gasteiger partial charge in [0.2, 0.25) is 17.7 Å². The first-order valence-corrected chi connectivity index (χ1v) is 5.62. The Morgan fingerprint density at radius 3 is 2.67 bits per heavy atom. The quantitative estimate of drug-likeness (QED) is 0.758. The van der Waals surface area contributed by atoms with Gasteiger partial charge < -0.3 is 15.4 Å². The Balaban J connectivity index is 2.26. The summed E-state index contributed by atoms with van der Waals surface area (Å²) >= 11 is 0. The van der Waals surface area contributed by atoms with E-state index < -0.39 is 0 Å². The van der Waals surface area contributed by atoms with Gasteiger partial charge >= 0.3 is 0 Å². The largest absolute Gasteiger partial charge is 0.481 e. The molecule has 2 amide bonds. The maximum Gasteiger partial charge on any atom is 0.222 e. The average molecular weight is 251 g/mol. The molecular weight excluding hydrogens is 234 g/mol. The highest BCUT2D eigenvalue weighted by molar-refractivity contribution is 5.77. The minimum atomic E-state index is -0.137. The molecule has 0 aliphatic carbocycles. The number of methoxy groups -OCH3 is 1. The highest BCUT2D eigenvalue weighted by Crippen LogP contribution is 2.06. The van der Waals surface area contributed by atoms with Crippen molar-refractivity contribution in [1.29, 1.82) is 0 Å². The smallest absolute Gasteiger partial charge is 0.222 e. The SMILES string of the molecule is COc1ccc(CNC(=O)CCNC(C)=O)cn1. The van der Waals surface area contributed by atoms with Gasteiger partial charge in [0, 0.05) is 38.7 Å². The number of amides is 2. The maximum absolute atomic E-state index is 11.4. The van der Waals surface area contributed by atoms with Gasteiger partial charge in [-0.1, -0.05) is 6.07 Å². The highest BCUT2D eigenvalue weighted by atomic mass is 16.5. The van der Waals surface area contributed by atoms with Gasteiger partial charge in [0.1, 0.15) is 0 Å². The summed E-state index contributed by atoms with van der Waals surface area (Å²) < 4.78 is 4.93. The molecule has 0 radical (unpaired) electrons. The zero-order valence-corrected chi connectivity index (χ0v) is 10.5. The number of nitrogens with one attached hydrogen (secondary N) is 2. The molecule has 0 fully saturated rings. The van der Waals surface area contributed by atoms with Crippen molar-refractivity contribution in [3.8, 4) is 5.88 Å². The number of rotatable bonds is 6. The van der Waals surface area contributed by atoms with Crippen molar-refractivity contribution < 1.29 is 14.3 Å². The Kier molecular flexibility index (Phi) is 5.63. The highest BCUT2D eigenvalue weighted by Gasteiger charge is 2.02. The predicted octanol–water partition coefficient (Wildman–Crippen LogP) is 0.233. The summed E-state index contributed by atoms with van der Waals surface area (Å²) in [6.07, 6.45) is 1.91. The molecule has 6 heteroatoms. The molecule has 2 N–H and O–H groups in total. The van der Waals surface area contributed by atoms with E-state index in [1.54, 1.807) is 19.4 Å². The lowest BCUT2D eigenvalue weighted by atomic mass is 10.3. The molecule has 1 aromatic heterocycles. The van der Waals surface area contributed by atoms with Gasteiger partial charge in [0.05, 0.1) is 7.11 Å². The zero-order valence-electron chi connectivity index (χ0n) is 10.5. The Morgan fingerprint density at radius 2 is 2.11 bits per heavy atom. The summed E-state index contributed by atoms with van der Waals surface area (Å²) in [6.45, 7) is 2.18. The van der Waals surface area contributed by atoms with E-state index in [-0.39, 0.29) is 18.2 Å². The molecule has 18 heavy (non-hydrogen) atoms. The Bertz CT molecular complexity index is 404. The Hall–Kier alpha value is -2.11. The monoisotopic (exact) mass is 251 g/mol. The second kappa shape index (κ2) is 7.26. The van der Waals surface area contributed by atoms with Gasteiger partial charge in [0.25, 0.3) is 0 Å². The number of pyridine rings is 1. The fourth-order valence-electron chi connectivity index (χ4n) is 1.28. The first kappa shape index (κ1) is 14.0. The number of hydrogen-bond donors (Lipinski definition) is 2. The van der Waals surface area contributed by atoms with Gasteiger partial charge in [-0.25, -0.2) is 4.98 Å². The van der Waals surface area contributed by atoms with Gasteiger partial charge in [-0.15, -0.1) is 0 Å². The van der Waals surface area contributed by atoms with Crippen molar-refractivity contribution in [3.63, 3.8) is 0 Å². The van der Waals surface area contributed by atoms with E-state index in [1.807, 2.05) is 6.07 Å². The maximum atomic E-state index is 11.4. The fourth-order valence-corrected chi connectivity index (χ4v) is 1.28. The molecule has 0 saturated heterocycles. The van der Waals surface area contributed by atoms with Gasteiger partial charge in [-0.3, -0.25) is 9.59 Å². The summed E-state index contributed by atoms with van der Waals surface area (Å²) in [5.41, 5.74) is 0.892. The second-order valence-corrected chi connectivity index (χ2v) is 3.72. The first-order chi connectivity index (χ1) is 8.61. The molecule has 0 unspecified atom stereocenters. The number of carbonyl (C=O) groups is 2. The zero-order chi connectivity index (χ0) is 13.4. The summed E-state index contributed by atoms with van der Waals surface area (Å²) in [7, 11) is 1.55. The molecular formula is C12H17N3O3. The summed E-state index contributed by atoms with van der Waals surface area (Å²) in [4.78, 5) is 26.0. The average Bonchev–Trinajstić information content (AvgIpc) is 2.36. The molecule has 0 aliphatic rings.